The highest BCUT2D eigenvalue weighted by Gasteiger charge is 2.49. The van der Waals surface area contributed by atoms with Crippen LogP contribution in [-0.2, 0) is 0 Å². The number of amides is 1. The Morgan fingerprint density at radius 2 is 2.10 bits per heavy atom. The van der Waals surface area contributed by atoms with Crippen molar-refractivity contribution in [2.24, 2.45) is 5.92 Å². The minimum atomic E-state index is -0.928. The molecule has 2 aliphatic rings. The predicted octanol–water partition coefficient (Wildman–Crippen LogP) is 3.06. The van der Waals surface area contributed by atoms with Crippen molar-refractivity contribution in [3.63, 3.8) is 0 Å². The SMILES string of the molecule is CC1C(=O)c2c(Cl)cccc2OC12CCN(C(=O)O)CC2. The number of carboxylic acid groups (broad SMARTS) is 1. The van der Waals surface area contributed by atoms with Crippen molar-refractivity contribution in [2.75, 3.05) is 13.1 Å². The summed E-state index contributed by atoms with van der Waals surface area (Å²) in [6, 6.07) is 5.18. The van der Waals surface area contributed by atoms with Gasteiger partial charge in [-0.25, -0.2) is 4.79 Å². The minimum absolute atomic E-state index is 0.0226. The number of Topliss-reactive ketones (excluding diaryl/α,β-unsaturated/α-hetero) is 1. The fourth-order valence-corrected chi connectivity index (χ4v) is 3.46. The highest BCUT2D eigenvalue weighted by atomic mass is 35.5. The Hall–Kier alpha value is -1.75. The number of fused-ring (bicyclic) bond motifs is 1. The van der Waals surface area contributed by atoms with E-state index in [0.717, 1.165) is 0 Å². The molecule has 2 aliphatic heterocycles. The van der Waals surface area contributed by atoms with E-state index in [9.17, 15) is 9.59 Å². The van der Waals surface area contributed by atoms with Crippen molar-refractivity contribution in [1.29, 1.82) is 0 Å². The van der Waals surface area contributed by atoms with E-state index in [-0.39, 0.29) is 11.7 Å². The van der Waals surface area contributed by atoms with E-state index in [2.05, 4.69) is 0 Å². The van der Waals surface area contributed by atoms with Gasteiger partial charge in [-0.3, -0.25) is 4.79 Å². The van der Waals surface area contributed by atoms with E-state index >= 15 is 0 Å². The molecule has 0 aliphatic carbocycles. The number of carbonyl (C=O) groups excluding carboxylic acids is 1. The molecule has 1 fully saturated rings. The molecular weight excluding hydrogens is 294 g/mol. The van der Waals surface area contributed by atoms with Crippen LogP contribution in [0.25, 0.3) is 0 Å². The molecule has 1 amide bonds. The molecule has 1 N–H and O–H groups in total. The van der Waals surface area contributed by atoms with Crippen LogP contribution < -0.4 is 4.74 Å². The number of hydrogen-bond donors (Lipinski definition) is 1. The van der Waals surface area contributed by atoms with E-state index in [4.69, 9.17) is 21.4 Å². The summed E-state index contributed by atoms with van der Waals surface area (Å²) in [6.45, 7) is 2.59. The third-order valence-electron chi connectivity index (χ3n) is 4.60. The van der Waals surface area contributed by atoms with Crippen LogP contribution in [0.3, 0.4) is 0 Å². The summed E-state index contributed by atoms with van der Waals surface area (Å²) < 4.78 is 6.13. The van der Waals surface area contributed by atoms with Gasteiger partial charge < -0.3 is 14.7 Å². The lowest BCUT2D eigenvalue weighted by Crippen LogP contribution is -2.56. The molecule has 6 heteroatoms. The standard InChI is InChI=1S/C15H16ClNO4/c1-9-13(18)12-10(16)3-2-4-11(12)21-15(9)5-7-17(8-6-15)14(19)20/h2-4,9H,5-8H2,1H3,(H,19,20). The van der Waals surface area contributed by atoms with Gasteiger partial charge >= 0.3 is 6.09 Å². The Morgan fingerprint density at radius 3 is 2.71 bits per heavy atom. The Balaban J connectivity index is 1.93. The molecular formula is C15H16ClNO4. The molecule has 1 aromatic carbocycles. The number of likely N-dealkylation sites (tertiary alicyclic amines) is 1. The lowest BCUT2D eigenvalue weighted by atomic mass is 9.74. The summed E-state index contributed by atoms with van der Waals surface area (Å²) in [6.07, 6.45) is 0.0964. The maximum absolute atomic E-state index is 12.6. The zero-order valence-electron chi connectivity index (χ0n) is 11.6. The first-order chi connectivity index (χ1) is 9.94. The van der Waals surface area contributed by atoms with E-state index < -0.39 is 11.7 Å². The molecule has 0 bridgehead atoms. The van der Waals surface area contributed by atoms with Gasteiger partial charge in [-0.05, 0) is 12.1 Å². The summed E-state index contributed by atoms with van der Waals surface area (Å²) in [4.78, 5) is 25.0. The van der Waals surface area contributed by atoms with E-state index in [1.165, 1.54) is 4.90 Å². The molecule has 112 valence electrons. The fraction of sp³-hybridized carbons (Fsp3) is 0.467. The molecule has 1 atom stereocenters. The molecule has 21 heavy (non-hydrogen) atoms. The quantitative estimate of drug-likeness (QED) is 0.800. The Kier molecular flexibility index (Phi) is 3.32. The number of nitrogens with zero attached hydrogens (tertiary/aromatic N) is 1. The summed E-state index contributed by atoms with van der Waals surface area (Å²) in [5, 5.41) is 9.44. The van der Waals surface area contributed by atoms with Crippen LogP contribution in [0.15, 0.2) is 18.2 Å². The third kappa shape index (κ3) is 2.16. The smallest absolute Gasteiger partial charge is 0.407 e. The number of ether oxygens (including phenoxy) is 1. The van der Waals surface area contributed by atoms with Crippen LogP contribution in [0.2, 0.25) is 5.02 Å². The van der Waals surface area contributed by atoms with Crippen molar-refractivity contribution in [2.45, 2.75) is 25.4 Å². The van der Waals surface area contributed by atoms with Gasteiger partial charge in [0.05, 0.1) is 16.5 Å². The molecule has 1 unspecified atom stereocenters. The predicted molar refractivity (Wildman–Crippen MR) is 77.1 cm³/mol. The van der Waals surface area contributed by atoms with Gasteiger partial charge in [0.2, 0.25) is 0 Å². The number of hydrogen-bond acceptors (Lipinski definition) is 3. The molecule has 0 saturated carbocycles. The number of benzene rings is 1. The summed E-state index contributed by atoms with van der Waals surface area (Å²) in [5.41, 5.74) is -0.182. The molecule has 1 saturated heterocycles. The first kappa shape index (κ1) is 14.2. The topological polar surface area (TPSA) is 66.8 Å². The molecule has 1 spiro atoms. The van der Waals surface area contributed by atoms with Crippen LogP contribution in [-0.4, -0.2) is 40.6 Å². The van der Waals surface area contributed by atoms with Gasteiger partial charge in [0, 0.05) is 25.9 Å². The second kappa shape index (κ2) is 4.91. The summed E-state index contributed by atoms with van der Waals surface area (Å²) >= 11 is 6.11. The maximum atomic E-state index is 12.6. The highest BCUT2D eigenvalue weighted by Crippen LogP contribution is 2.44. The normalized spacial score (nSPS) is 23.6. The largest absolute Gasteiger partial charge is 0.486 e. The van der Waals surface area contributed by atoms with Crippen LogP contribution in [0.1, 0.15) is 30.1 Å². The van der Waals surface area contributed by atoms with E-state index in [0.29, 0.717) is 42.3 Å². The van der Waals surface area contributed by atoms with Crippen molar-refractivity contribution in [3.8, 4) is 5.75 Å². The van der Waals surface area contributed by atoms with Gasteiger partial charge in [0.25, 0.3) is 0 Å². The molecule has 0 aromatic heterocycles. The lowest BCUT2D eigenvalue weighted by Gasteiger charge is -2.47. The summed E-state index contributed by atoms with van der Waals surface area (Å²) in [5.74, 6) is 0.154. The van der Waals surface area contributed by atoms with Crippen LogP contribution in [0, 0.1) is 5.92 Å². The Bertz CT molecular complexity index is 608. The Labute approximate surface area is 127 Å². The number of halogens is 1. The van der Waals surface area contributed by atoms with E-state index in [1.807, 2.05) is 6.92 Å². The van der Waals surface area contributed by atoms with Gasteiger partial charge in [-0.1, -0.05) is 24.6 Å². The summed E-state index contributed by atoms with van der Waals surface area (Å²) in [7, 11) is 0. The monoisotopic (exact) mass is 309 g/mol. The zero-order valence-corrected chi connectivity index (χ0v) is 12.4. The van der Waals surface area contributed by atoms with Crippen LogP contribution in [0.5, 0.6) is 5.75 Å². The Morgan fingerprint density at radius 1 is 1.43 bits per heavy atom. The van der Waals surface area contributed by atoms with Crippen molar-refractivity contribution in [1.82, 2.24) is 4.90 Å². The molecule has 1 aromatic rings. The second-order valence-electron chi connectivity index (χ2n) is 5.64. The van der Waals surface area contributed by atoms with Crippen LogP contribution >= 0.6 is 11.6 Å². The van der Waals surface area contributed by atoms with Gasteiger partial charge in [0.15, 0.2) is 5.78 Å². The van der Waals surface area contributed by atoms with E-state index in [1.54, 1.807) is 18.2 Å². The second-order valence-corrected chi connectivity index (χ2v) is 6.04. The van der Waals surface area contributed by atoms with Crippen molar-refractivity contribution >= 4 is 23.5 Å². The number of ketones is 1. The maximum Gasteiger partial charge on any atom is 0.407 e. The van der Waals surface area contributed by atoms with Crippen molar-refractivity contribution in [3.05, 3.63) is 28.8 Å². The third-order valence-corrected chi connectivity index (χ3v) is 4.91. The molecule has 2 heterocycles. The lowest BCUT2D eigenvalue weighted by molar-refractivity contribution is -0.0350. The van der Waals surface area contributed by atoms with Gasteiger partial charge in [-0.15, -0.1) is 0 Å². The molecule has 3 rings (SSSR count). The highest BCUT2D eigenvalue weighted by molar-refractivity contribution is 6.34. The van der Waals surface area contributed by atoms with Gasteiger partial charge in [0.1, 0.15) is 11.4 Å². The zero-order chi connectivity index (χ0) is 15.2. The molecule has 0 radical (unpaired) electrons. The van der Waals surface area contributed by atoms with Crippen molar-refractivity contribution < 1.29 is 19.4 Å². The number of carbonyl (C=O) groups is 2. The number of rotatable bonds is 0. The van der Waals surface area contributed by atoms with Gasteiger partial charge in [-0.2, -0.15) is 0 Å². The number of piperidine rings is 1. The molecule has 5 nitrogen and oxygen atoms in total. The first-order valence-corrected chi connectivity index (χ1v) is 7.32. The average Bonchev–Trinajstić information content (AvgIpc) is 2.45. The first-order valence-electron chi connectivity index (χ1n) is 6.94. The average molecular weight is 310 g/mol. The minimum Gasteiger partial charge on any atom is -0.486 e. The fourth-order valence-electron chi connectivity index (χ4n) is 3.20. The van der Waals surface area contributed by atoms with Crippen LogP contribution in [0.4, 0.5) is 4.79 Å².